The Morgan fingerprint density at radius 2 is 1.70 bits per heavy atom. The summed E-state index contributed by atoms with van der Waals surface area (Å²) in [6.07, 6.45) is 1.66. The molecule has 168 valence electrons. The number of halogens is 3. The van der Waals surface area contributed by atoms with Crippen LogP contribution in [0, 0.1) is 6.92 Å². The van der Waals surface area contributed by atoms with Crippen LogP contribution in [-0.4, -0.2) is 16.0 Å². The van der Waals surface area contributed by atoms with E-state index in [1.54, 1.807) is 24.3 Å². The number of hydrogen-bond donors (Lipinski definition) is 0. The highest BCUT2D eigenvalue weighted by Gasteiger charge is 2.35. The number of carbonyl (C=O) groups excluding carboxylic acids is 2. The Labute approximate surface area is 214 Å². The fourth-order valence-corrected chi connectivity index (χ4v) is 5.33. The average Bonchev–Trinajstić information content (AvgIpc) is 3.03. The minimum Gasteiger partial charge on any atom is -0.486 e. The predicted molar refractivity (Wildman–Crippen MR) is 138 cm³/mol. The lowest BCUT2D eigenvalue weighted by Gasteiger charge is -2.14. The standard InChI is InChI=1S/C25H18BrCl2NO3S/c1-15-6-2-3-7-17(15)13-29-24(30)22(33-25(29)31)12-16-10-19(26)23(21(28)11-16)32-14-18-8-4-5-9-20(18)27/h2-12H,13-14H2,1H3/b22-12-. The number of benzene rings is 3. The van der Waals surface area contributed by atoms with Crippen LogP contribution in [0.3, 0.4) is 0 Å². The molecule has 33 heavy (non-hydrogen) atoms. The van der Waals surface area contributed by atoms with Crippen molar-refractivity contribution < 1.29 is 14.3 Å². The van der Waals surface area contributed by atoms with Gasteiger partial charge in [0, 0.05) is 10.6 Å². The zero-order chi connectivity index (χ0) is 23.5. The van der Waals surface area contributed by atoms with Gasteiger partial charge < -0.3 is 4.74 Å². The number of ether oxygens (including phenoxy) is 1. The molecule has 4 nitrogen and oxygen atoms in total. The summed E-state index contributed by atoms with van der Waals surface area (Å²) in [7, 11) is 0. The van der Waals surface area contributed by atoms with Gasteiger partial charge in [-0.3, -0.25) is 14.5 Å². The number of thioether (sulfide) groups is 1. The lowest BCUT2D eigenvalue weighted by atomic mass is 10.1. The Kier molecular flexibility index (Phi) is 7.49. The molecule has 0 N–H and O–H groups in total. The van der Waals surface area contributed by atoms with Crippen molar-refractivity contribution in [3.8, 4) is 5.75 Å². The third kappa shape index (κ3) is 5.46. The molecule has 1 fully saturated rings. The van der Waals surface area contributed by atoms with Crippen LogP contribution < -0.4 is 4.74 Å². The van der Waals surface area contributed by atoms with Crippen LogP contribution >= 0.6 is 50.9 Å². The van der Waals surface area contributed by atoms with E-state index in [0.29, 0.717) is 30.7 Å². The Morgan fingerprint density at radius 1 is 1.00 bits per heavy atom. The summed E-state index contributed by atoms with van der Waals surface area (Å²) in [6.45, 7) is 2.46. The van der Waals surface area contributed by atoms with Gasteiger partial charge in [-0.25, -0.2) is 0 Å². The molecule has 2 amide bonds. The molecule has 0 atom stereocenters. The van der Waals surface area contributed by atoms with Gasteiger partial charge in [-0.05, 0) is 75.6 Å². The molecule has 1 aliphatic heterocycles. The average molecular weight is 563 g/mol. The van der Waals surface area contributed by atoms with Crippen molar-refractivity contribution in [2.75, 3.05) is 0 Å². The van der Waals surface area contributed by atoms with Gasteiger partial charge in [0.2, 0.25) is 0 Å². The van der Waals surface area contributed by atoms with E-state index in [-0.39, 0.29) is 24.3 Å². The van der Waals surface area contributed by atoms with Crippen molar-refractivity contribution in [3.05, 3.63) is 102 Å². The highest BCUT2D eigenvalue weighted by Crippen LogP contribution is 2.38. The second kappa shape index (κ2) is 10.3. The summed E-state index contributed by atoms with van der Waals surface area (Å²) < 4.78 is 6.51. The minimum absolute atomic E-state index is 0.244. The molecular weight excluding hydrogens is 545 g/mol. The number of aryl methyl sites for hydroxylation is 1. The van der Waals surface area contributed by atoms with Gasteiger partial charge in [0.05, 0.1) is 20.9 Å². The van der Waals surface area contributed by atoms with E-state index in [4.69, 9.17) is 27.9 Å². The van der Waals surface area contributed by atoms with E-state index in [9.17, 15) is 9.59 Å². The summed E-state index contributed by atoms with van der Waals surface area (Å²) in [6, 6.07) is 18.6. The molecule has 8 heteroatoms. The molecule has 0 unspecified atom stereocenters. The second-order valence-corrected chi connectivity index (χ2v) is 10.1. The van der Waals surface area contributed by atoms with E-state index in [0.717, 1.165) is 28.5 Å². The fourth-order valence-electron chi connectivity index (χ4n) is 3.31. The molecule has 0 saturated carbocycles. The number of carbonyl (C=O) groups is 2. The topological polar surface area (TPSA) is 46.6 Å². The van der Waals surface area contributed by atoms with Crippen molar-refractivity contribution in [1.82, 2.24) is 4.90 Å². The van der Waals surface area contributed by atoms with Gasteiger partial charge in [0.15, 0.2) is 5.75 Å². The zero-order valence-corrected chi connectivity index (χ0v) is 21.4. The van der Waals surface area contributed by atoms with Crippen LogP contribution in [0.2, 0.25) is 10.0 Å². The quantitative estimate of drug-likeness (QED) is 0.287. The Balaban J connectivity index is 1.52. The second-order valence-electron chi connectivity index (χ2n) is 7.39. The summed E-state index contributed by atoms with van der Waals surface area (Å²) in [5, 5.41) is 0.698. The van der Waals surface area contributed by atoms with E-state index in [1.807, 2.05) is 49.4 Å². The van der Waals surface area contributed by atoms with Crippen molar-refractivity contribution >= 4 is 68.1 Å². The monoisotopic (exact) mass is 561 g/mol. The molecule has 1 aliphatic rings. The van der Waals surface area contributed by atoms with Crippen molar-refractivity contribution in [2.45, 2.75) is 20.1 Å². The van der Waals surface area contributed by atoms with Crippen molar-refractivity contribution in [3.63, 3.8) is 0 Å². The SMILES string of the molecule is Cc1ccccc1CN1C(=O)S/C(=C\c2cc(Cl)c(OCc3ccccc3Cl)c(Br)c2)C1=O. The highest BCUT2D eigenvalue weighted by atomic mass is 79.9. The number of amides is 2. The Hall–Kier alpha value is -2.25. The molecular formula is C25H18BrCl2NO3S. The molecule has 0 bridgehead atoms. The number of rotatable bonds is 6. The van der Waals surface area contributed by atoms with Crippen molar-refractivity contribution in [2.24, 2.45) is 0 Å². The number of nitrogens with zero attached hydrogens (tertiary/aromatic N) is 1. The predicted octanol–water partition coefficient (Wildman–Crippen LogP) is 7.88. The normalized spacial score (nSPS) is 14.9. The summed E-state index contributed by atoms with van der Waals surface area (Å²) in [5.41, 5.74) is 3.49. The van der Waals surface area contributed by atoms with Crippen LogP contribution in [0.15, 0.2) is 70.0 Å². The van der Waals surface area contributed by atoms with E-state index in [2.05, 4.69) is 15.9 Å². The maximum atomic E-state index is 12.9. The van der Waals surface area contributed by atoms with Gasteiger partial charge in [-0.2, -0.15) is 0 Å². The molecule has 1 heterocycles. The smallest absolute Gasteiger partial charge is 0.293 e. The van der Waals surface area contributed by atoms with Crippen LogP contribution in [-0.2, 0) is 17.9 Å². The summed E-state index contributed by atoms with van der Waals surface area (Å²) in [4.78, 5) is 27.0. The van der Waals surface area contributed by atoms with Gasteiger partial charge in [-0.1, -0.05) is 65.7 Å². The van der Waals surface area contributed by atoms with Crippen molar-refractivity contribution in [1.29, 1.82) is 0 Å². The Morgan fingerprint density at radius 3 is 2.39 bits per heavy atom. The highest BCUT2D eigenvalue weighted by molar-refractivity contribution is 9.10. The summed E-state index contributed by atoms with van der Waals surface area (Å²) >= 11 is 17.1. The summed E-state index contributed by atoms with van der Waals surface area (Å²) in [5.74, 6) is 0.154. The van der Waals surface area contributed by atoms with E-state index in [1.165, 1.54) is 4.90 Å². The third-order valence-electron chi connectivity index (χ3n) is 5.11. The minimum atomic E-state index is -0.320. The molecule has 0 spiro atoms. The van der Waals surface area contributed by atoms with Crippen LogP contribution in [0.5, 0.6) is 5.75 Å². The van der Waals surface area contributed by atoms with Crippen LogP contribution in [0.1, 0.15) is 22.3 Å². The zero-order valence-electron chi connectivity index (χ0n) is 17.5. The fraction of sp³-hybridized carbons (Fsp3) is 0.120. The van der Waals surface area contributed by atoms with E-state index < -0.39 is 0 Å². The van der Waals surface area contributed by atoms with Gasteiger partial charge in [0.25, 0.3) is 11.1 Å². The first-order valence-corrected chi connectivity index (χ1v) is 12.3. The maximum Gasteiger partial charge on any atom is 0.293 e. The van der Waals surface area contributed by atoms with Crippen LogP contribution in [0.4, 0.5) is 4.79 Å². The molecule has 3 aromatic carbocycles. The number of imide groups is 1. The number of hydrogen-bond acceptors (Lipinski definition) is 4. The molecule has 1 saturated heterocycles. The van der Waals surface area contributed by atoms with Gasteiger partial charge in [0.1, 0.15) is 6.61 Å². The molecule has 0 radical (unpaired) electrons. The first kappa shape index (κ1) is 23.9. The largest absolute Gasteiger partial charge is 0.486 e. The maximum absolute atomic E-state index is 12.9. The molecule has 4 rings (SSSR count). The molecule has 0 aromatic heterocycles. The first-order chi connectivity index (χ1) is 15.8. The van der Waals surface area contributed by atoms with Gasteiger partial charge in [-0.15, -0.1) is 0 Å². The van der Waals surface area contributed by atoms with E-state index >= 15 is 0 Å². The Bertz CT molecular complexity index is 1260. The molecule has 0 aliphatic carbocycles. The van der Waals surface area contributed by atoms with Crippen LogP contribution in [0.25, 0.3) is 6.08 Å². The molecule has 3 aromatic rings. The lowest BCUT2D eigenvalue weighted by Crippen LogP contribution is -2.27. The first-order valence-electron chi connectivity index (χ1n) is 9.98. The third-order valence-corrected chi connectivity index (χ3v) is 7.26. The van der Waals surface area contributed by atoms with Gasteiger partial charge >= 0.3 is 0 Å². The lowest BCUT2D eigenvalue weighted by molar-refractivity contribution is -0.123.